The van der Waals surface area contributed by atoms with Crippen molar-refractivity contribution < 1.29 is 14.4 Å². The van der Waals surface area contributed by atoms with Gasteiger partial charge in [0.1, 0.15) is 11.5 Å². The number of hydrogen-bond donors (Lipinski definition) is 0. The maximum absolute atomic E-state index is 11.8. The number of nitrogens with zero attached hydrogens (tertiary/aromatic N) is 1. The van der Waals surface area contributed by atoms with Crippen LogP contribution < -0.4 is 4.74 Å². The molecule has 3 rings (SSSR count). The number of allylic oxidation sites excluding steroid dienone is 2. The van der Waals surface area contributed by atoms with Crippen molar-refractivity contribution in [1.29, 1.82) is 0 Å². The SMILES string of the molecule is COc1cccc(/C=C/C=C2\C(=O)ON=C2c2ccccc2)c1. The number of rotatable bonds is 4. The van der Waals surface area contributed by atoms with Crippen molar-refractivity contribution in [3.8, 4) is 5.75 Å². The normalized spacial score (nSPS) is 15.8. The molecular weight excluding hydrogens is 290 g/mol. The summed E-state index contributed by atoms with van der Waals surface area (Å²) in [7, 11) is 1.63. The standard InChI is InChI=1S/C19H15NO3/c1-22-16-11-5-7-14(13-16)8-6-12-17-18(20-23-19(17)21)15-9-3-2-4-10-15/h2-13H,1H3/b8-6+,17-12-. The average molecular weight is 305 g/mol. The lowest BCUT2D eigenvalue weighted by atomic mass is 10.0. The number of methoxy groups -OCH3 is 1. The van der Waals surface area contributed by atoms with Gasteiger partial charge in [-0.25, -0.2) is 4.79 Å². The Hall–Kier alpha value is -3.14. The van der Waals surface area contributed by atoms with Crippen LogP contribution in [0.3, 0.4) is 0 Å². The van der Waals surface area contributed by atoms with Crippen molar-refractivity contribution >= 4 is 17.8 Å². The van der Waals surface area contributed by atoms with Gasteiger partial charge in [-0.05, 0) is 23.8 Å². The molecule has 114 valence electrons. The third kappa shape index (κ3) is 3.37. The number of carbonyl (C=O) groups is 1. The van der Waals surface area contributed by atoms with Gasteiger partial charge in [-0.1, -0.05) is 59.8 Å². The molecule has 0 bridgehead atoms. The van der Waals surface area contributed by atoms with E-state index in [1.807, 2.05) is 60.7 Å². The first-order chi connectivity index (χ1) is 11.3. The summed E-state index contributed by atoms with van der Waals surface area (Å²) in [5, 5.41) is 3.87. The van der Waals surface area contributed by atoms with Gasteiger partial charge in [-0.3, -0.25) is 0 Å². The highest BCUT2D eigenvalue weighted by Crippen LogP contribution is 2.19. The summed E-state index contributed by atoms with van der Waals surface area (Å²) in [6.45, 7) is 0. The van der Waals surface area contributed by atoms with E-state index in [2.05, 4.69) is 5.16 Å². The second-order valence-corrected chi connectivity index (χ2v) is 4.90. The first-order valence-corrected chi connectivity index (χ1v) is 7.15. The van der Waals surface area contributed by atoms with Crippen LogP contribution in [-0.4, -0.2) is 18.8 Å². The Bertz CT molecular complexity index is 804. The maximum atomic E-state index is 11.8. The number of carbonyl (C=O) groups excluding carboxylic acids is 1. The first kappa shape index (κ1) is 14.8. The molecule has 2 aromatic rings. The molecule has 0 saturated carbocycles. The molecular formula is C19H15NO3. The van der Waals surface area contributed by atoms with E-state index in [4.69, 9.17) is 9.57 Å². The summed E-state index contributed by atoms with van der Waals surface area (Å²) in [6.07, 6.45) is 5.40. The van der Waals surface area contributed by atoms with Gasteiger partial charge in [-0.2, -0.15) is 0 Å². The Morgan fingerprint density at radius 2 is 1.91 bits per heavy atom. The largest absolute Gasteiger partial charge is 0.497 e. The molecule has 1 aliphatic rings. The zero-order valence-electron chi connectivity index (χ0n) is 12.6. The van der Waals surface area contributed by atoms with Crippen LogP contribution in [0, 0.1) is 0 Å². The minimum atomic E-state index is -0.445. The molecule has 0 N–H and O–H groups in total. The summed E-state index contributed by atoms with van der Waals surface area (Å²) in [5.74, 6) is 0.339. The zero-order valence-corrected chi connectivity index (χ0v) is 12.6. The summed E-state index contributed by atoms with van der Waals surface area (Å²) < 4.78 is 5.18. The summed E-state index contributed by atoms with van der Waals surface area (Å²) in [4.78, 5) is 16.6. The molecule has 0 saturated heterocycles. The fourth-order valence-corrected chi connectivity index (χ4v) is 2.23. The van der Waals surface area contributed by atoms with Crippen molar-refractivity contribution in [1.82, 2.24) is 0 Å². The van der Waals surface area contributed by atoms with Gasteiger partial charge in [0.05, 0.1) is 12.7 Å². The van der Waals surface area contributed by atoms with Crippen LogP contribution in [0.2, 0.25) is 0 Å². The van der Waals surface area contributed by atoms with Crippen LogP contribution in [0.5, 0.6) is 5.75 Å². The summed E-state index contributed by atoms with van der Waals surface area (Å²) in [5.41, 5.74) is 2.81. The van der Waals surface area contributed by atoms with Gasteiger partial charge >= 0.3 is 5.97 Å². The molecule has 1 heterocycles. The van der Waals surface area contributed by atoms with E-state index < -0.39 is 5.97 Å². The van der Waals surface area contributed by atoms with E-state index in [0.29, 0.717) is 11.3 Å². The topological polar surface area (TPSA) is 47.9 Å². The Balaban J connectivity index is 1.84. The fraction of sp³-hybridized carbons (Fsp3) is 0.0526. The molecule has 0 amide bonds. The highest BCUT2D eigenvalue weighted by molar-refractivity contribution is 6.29. The lowest BCUT2D eigenvalue weighted by Gasteiger charge is -2.00. The number of benzene rings is 2. The lowest BCUT2D eigenvalue weighted by molar-refractivity contribution is -0.136. The van der Waals surface area contributed by atoms with Crippen molar-refractivity contribution in [3.63, 3.8) is 0 Å². The van der Waals surface area contributed by atoms with Gasteiger partial charge in [-0.15, -0.1) is 0 Å². The zero-order chi connectivity index (χ0) is 16.1. The molecule has 4 nitrogen and oxygen atoms in total. The van der Waals surface area contributed by atoms with Crippen LogP contribution in [0.25, 0.3) is 6.08 Å². The highest BCUT2D eigenvalue weighted by atomic mass is 16.7. The molecule has 0 atom stereocenters. The van der Waals surface area contributed by atoms with Gasteiger partial charge in [0.25, 0.3) is 0 Å². The molecule has 0 spiro atoms. The van der Waals surface area contributed by atoms with Crippen molar-refractivity contribution in [2.45, 2.75) is 0 Å². The minimum absolute atomic E-state index is 0.440. The van der Waals surface area contributed by atoms with Crippen LogP contribution in [-0.2, 0) is 9.63 Å². The molecule has 0 aromatic heterocycles. The van der Waals surface area contributed by atoms with E-state index in [1.165, 1.54) is 0 Å². The van der Waals surface area contributed by atoms with Crippen molar-refractivity contribution in [3.05, 3.63) is 83.4 Å². The van der Waals surface area contributed by atoms with Crippen molar-refractivity contribution in [2.24, 2.45) is 5.16 Å². The van der Waals surface area contributed by atoms with E-state index >= 15 is 0 Å². The van der Waals surface area contributed by atoms with Gasteiger partial charge in [0.15, 0.2) is 0 Å². The van der Waals surface area contributed by atoms with Gasteiger partial charge in [0, 0.05) is 5.56 Å². The van der Waals surface area contributed by atoms with Gasteiger partial charge in [0.2, 0.25) is 0 Å². The Labute approximate surface area is 134 Å². The summed E-state index contributed by atoms with van der Waals surface area (Å²) in [6, 6.07) is 17.1. The molecule has 4 heteroatoms. The molecule has 1 aliphatic heterocycles. The van der Waals surface area contributed by atoms with E-state index in [0.717, 1.165) is 16.9 Å². The van der Waals surface area contributed by atoms with Gasteiger partial charge < -0.3 is 9.57 Å². The third-order valence-electron chi connectivity index (χ3n) is 3.39. The maximum Gasteiger partial charge on any atom is 0.368 e. The predicted octanol–water partition coefficient (Wildman–Crippen LogP) is 3.60. The smallest absolute Gasteiger partial charge is 0.368 e. The average Bonchev–Trinajstić information content (AvgIpc) is 2.97. The lowest BCUT2D eigenvalue weighted by Crippen LogP contribution is -2.06. The second kappa shape index (κ2) is 6.75. The first-order valence-electron chi connectivity index (χ1n) is 7.15. The number of hydrogen-bond acceptors (Lipinski definition) is 4. The Kier molecular flexibility index (Phi) is 4.34. The van der Waals surface area contributed by atoms with E-state index in [-0.39, 0.29) is 0 Å². The molecule has 0 fully saturated rings. The number of oxime groups is 1. The Morgan fingerprint density at radius 1 is 1.09 bits per heavy atom. The van der Waals surface area contributed by atoms with E-state index in [1.54, 1.807) is 19.3 Å². The van der Waals surface area contributed by atoms with Crippen LogP contribution in [0.1, 0.15) is 11.1 Å². The molecule has 0 radical (unpaired) electrons. The molecule has 0 aliphatic carbocycles. The fourth-order valence-electron chi connectivity index (χ4n) is 2.23. The monoisotopic (exact) mass is 305 g/mol. The predicted molar refractivity (Wildman–Crippen MR) is 89.2 cm³/mol. The minimum Gasteiger partial charge on any atom is -0.497 e. The number of ether oxygens (including phenoxy) is 1. The van der Waals surface area contributed by atoms with Crippen LogP contribution in [0.4, 0.5) is 0 Å². The van der Waals surface area contributed by atoms with E-state index in [9.17, 15) is 4.79 Å². The second-order valence-electron chi connectivity index (χ2n) is 4.90. The summed E-state index contributed by atoms with van der Waals surface area (Å²) >= 11 is 0. The highest BCUT2D eigenvalue weighted by Gasteiger charge is 2.25. The third-order valence-corrected chi connectivity index (χ3v) is 3.39. The molecule has 23 heavy (non-hydrogen) atoms. The molecule has 2 aromatic carbocycles. The van der Waals surface area contributed by atoms with Crippen LogP contribution in [0.15, 0.2) is 77.5 Å². The Morgan fingerprint density at radius 3 is 2.70 bits per heavy atom. The molecule has 0 unspecified atom stereocenters. The quantitative estimate of drug-likeness (QED) is 0.640. The van der Waals surface area contributed by atoms with Crippen LogP contribution >= 0.6 is 0 Å². The van der Waals surface area contributed by atoms with Crippen molar-refractivity contribution in [2.75, 3.05) is 7.11 Å².